The summed E-state index contributed by atoms with van der Waals surface area (Å²) in [6.45, 7) is 9.47. The third-order valence-electron chi connectivity index (χ3n) is 4.92. The lowest BCUT2D eigenvalue weighted by Gasteiger charge is -2.24. The molecule has 0 aliphatic heterocycles. The minimum Gasteiger partial charge on any atom is -0.0654 e. The van der Waals surface area contributed by atoms with Crippen LogP contribution in [0.5, 0.6) is 0 Å². The highest BCUT2D eigenvalue weighted by molar-refractivity contribution is 4.67. The van der Waals surface area contributed by atoms with Gasteiger partial charge in [-0.2, -0.15) is 0 Å². The molecule has 0 bridgehead atoms. The van der Waals surface area contributed by atoms with Gasteiger partial charge in [0.1, 0.15) is 0 Å². The van der Waals surface area contributed by atoms with E-state index in [4.69, 9.17) is 0 Å². The van der Waals surface area contributed by atoms with E-state index in [0.717, 1.165) is 11.8 Å². The maximum Gasteiger partial charge on any atom is -0.0388 e. The van der Waals surface area contributed by atoms with Gasteiger partial charge in [-0.1, -0.05) is 118 Å². The van der Waals surface area contributed by atoms with Gasteiger partial charge < -0.3 is 0 Å². The van der Waals surface area contributed by atoms with Crippen LogP contribution in [0.15, 0.2) is 0 Å². The van der Waals surface area contributed by atoms with Gasteiger partial charge in [-0.25, -0.2) is 0 Å². The summed E-state index contributed by atoms with van der Waals surface area (Å²) in [6.07, 6.45) is 20.2. The largest absolute Gasteiger partial charge is 0.0654 e. The zero-order valence-electron chi connectivity index (χ0n) is 15.1. The second kappa shape index (κ2) is 15.4. The lowest BCUT2D eigenvalue weighted by Crippen LogP contribution is -2.12. The maximum atomic E-state index is 2.52. The molecular weight excluding hydrogens is 240 g/mol. The summed E-state index contributed by atoms with van der Waals surface area (Å²) >= 11 is 0. The lowest BCUT2D eigenvalue weighted by atomic mass is 9.82. The second-order valence-electron chi connectivity index (χ2n) is 6.93. The molecule has 0 saturated carbocycles. The Bertz CT molecular complexity index is 173. The summed E-state index contributed by atoms with van der Waals surface area (Å²) in [5, 5.41) is 0. The van der Waals surface area contributed by atoms with Crippen molar-refractivity contribution in [2.75, 3.05) is 0 Å². The molecule has 0 saturated heterocycles. The molecule has 0 N–H and O–H groups in total. The molecule has 0 radical (unpaired) electrons. The summed E-state index contributed by atoms with van der Waals surface area (Å²) in [4.78, 5) is 0. The first-order valence-corrected chi connectivity index (χ1v) is 9.76. The van der Waals surface area contributed by atoms with Gasteiger partial charge in [0.15, 0.2) is 0 Å². The Morgan fingerprint density at radius 3 is 1.55 bits per heavy atom. The quantitative estimate of drug-likeness (QED) is 0.269. The van der Waals surface area contributed by atoms with E-state index in [1.54, 1.807) is 0 Å². The van der Waals surface area contributed by atoms with Gasteiger partial charge in [0, 0.05) is 0 Å². The van der Waals surface area contributed by atoms with Crippen LogP contribution >= 0.6 is 0 Å². The van der Waals surface area contributed by atoms with Gasteiger partial charge in [0.05, 0.1) is 0 Å². The normalized spacial score (nSPS) is 14.4. The Morgan fingerprint density at radius 2 is 0.950 bits per heavy atom. The molecule has 0 amide bonds. The summed E-state index contributed by atoms with van der Waals surface area (Å²) in [5.41, 5.74) is 0. The van der Waals surface area contributed by atoms with Gasteiger partial charge in [-0.3, -0.25) is 0 Å². The smallest absolute Gasteiger partial charge is 0.0388 e. The third-order valence-corrected chi connectivity index (χ3v) is 4.92. The van der Waals surface area contributed by atoms with Crippen molar-refractivity contribution < 1.29 is 0 Å². The molecule has 0 aromatic carbocycles. The Kier molecular flexibility index (Phi) is 15.4. The van der Waals surface area contributed by atoms with Crippen molar-refractivity contribution in [2.45, 2.75) is 118 Å². The molecule has 0 aliphatic carbocycles. The Hall–Kier alpha value is 0. The van der Waals surface area contributed by atoms with Gasteiger partial charge in [-0.05, 0) is 11.8 Å². The van der Waals surface area contributed by atoms with Crippen molar-refractivity contribution in [1.82, 2.24) is 0 Å². The van der Waals surface area contributed by atoms with E-state index >= 15 is 0 Å². The monoisotopic (exact) mass is 282 g/mol. The van der Waals surface area contributed by atoms with Crippen LogP contribution in [0.4, 0.5) is 0 Å². The number of hydrogen-bond acceptors (Lipinski definition) is 0. The minimum absolute atomic E-state index is 0.961. The molecule has 20 heavy (non-hydrogen) atoms. The van der Waals surface area contributed by atoms with Crippen molar-refractivity contribution in [1.29, 1.82) is 0 Å². The Morgan fingerprint density at radius 1 is 0.500 bits per heavy atom. The summed E-state index contributed by atoms with van der Waals surface area (Å²) in [7, 11) is 0. The van der Waals surface area contributed by atoms with E-state index in [-0.39, 0.29) is 0 Å². The second-order valence-corrected chi connectivity index (χ2v) is 6.93. The molecular formula is C20H42. The standard InChI is InChI=1S/C20H42/c1-5-8-11-12-13-15-18-20(17-14-9-6-2)19(4)16-10-7-3/h19-20H,5-18H2,1-4H3. The zero-order chi connectivity index (χ0) is 15.1. The predicted octanol–water partition coefficient (Wildman–Crippen LogP) is 7.76. The molecule has 0 rings (SSSR count). The van der Waals surface area contributed by atoms with E-state index in [9.17, 15) is 0 Å². The van der Waals surface area contributed by atoms with Gasteiger partial charge in [0.25, 0.3) is 0 Å². The molecule has 0 heteroatoms. The zero-order valence-corrected chi connectivity index (χ0v) is 15.1. The molecule has 2 atom stereocenters. The number of rotatable bonds is 15. The predicted molar refractivity (Wildman–Crippen MR) is 94.3 cm³/mol. The molecule has 0 aromatic rings. The Labute approximate surface area is 130 Å². The highest BCUT2D eigenvalue weighted by atomic mass is 14.2. The maximum absolute atomic E-state index is 2.52. The van der Waals surface area contributed by atoms with Crippen LogP contribution in [-0.2, 0) is 0 Å². The molecule has 2 unspecified atom stereocenters. The van der Waals surface area contributed by atoms with Gasteiger partial charge >= 0.3 is 0 Å². The first kappa shape index (κ1) is 20.0. The molecule has 0 spiro atoms. The lowest BCUT2D eigenvalue weighted by molar-refractivity contribution is 0.277. The molecule has 0 heterocycles. The number of hydrogen-bond donors (Lipinski definition) is 0. The summed E-state index contributed by atoms with van der Waals surface area (Å²) < 4.78 is 0. The van der Waals surface area contributed by atoms with E-state index in [2.05, 4.69) is 27.7 Å². The third kappa shape index (κ3) is 11.8. The fourth-order valence-corrected chi connectivity index (χ4v) is 3.32. The van der Waals surface area contributed by atoms with Gasteiger partial charge in [-0.15, -0.1) is 0 Å². The average molecular weight is 283 g/mol. The van der Waals surface area contributed by atoms with Crippen LogP contribution < -0.4 is 0 Å². The van der Waals surface area contributed by atoms with Crippen molar-refractivity contribution in [3.05, 3.63) is 0 Å². The fourth-order valence-electron chi connectivity index (χ4n) is 3.32. The van der Waals surface area contributed by atoms with Gasteiger partial charge in [0.2, 0.25) is 0 Å². The van der Waals surface area contributed by atoms with E-state index in [1.165, 1.54) is 89.9 Å². The van der Waals surface area contributed by atoms with Crippen LogP contribution in [0.3, 0.4) is 0 Å². The van der Waals surface area contributed by atoms with Crippen LogP contribution in [-0.4, -0.2) is 0 Å². The fraction of sp³-hybridized carbons (Fsp3) is 1.00. The molecule has 0 aliphatic rings. The topological polar surface area (TPSA) is 0 Å². The van der Waals surface area contributed by atoms with Crippen LogP contribution in [0, 0.1) is 11.8 Å². The summed E-state index contributed by atoms with van der Waals surface area (Å²) in [6, 6.07) is 0. The molecule has 0 aromatic heterocycles. The first-order chi connectivity index (χ1) is 9.76. The van der Waals surface area contributed by atoms with Crippen LogP contribution in [0.25, 0.3) is 0 Å². The molecule has 122 valence electrons. The highest BCUT2D eigenvalue weighted by Gasteiger charge is 2.16. The SMILES string of the molecule is CCCCCCCCC(CCCCC)C(C)CCCC. The van der Waals surface area contributed by atoms with Crippen LogP contribution in [0.1, 0.15) is 118 Å². The van der Waals surface area contributed by atoms with Crippen LogP contribution in [0.2, 0.25) is 0 Å². The van der Waals surface area contributed by atoms with Crippen molar-refractivity contribution in [3.8, 4) is 0 Å². The first-order valence-electron chi connectivity index (χ1n) is 9.76. The highest BCUT2D eigenvalue weighted by Crippen LogP contribution is 2.28. The van der Waals surface area contributed by atoms with E-state index in [0.29, 0.717) is 0 Å². The van der Waals surface area contributed by atoms with E-state index in [1.807, 2.05) is 0 Å². The van der Waals surface area contributed by atoms with E-state index < -0.39 is 0 Å². The summed E-state index contributed by atoms with van der Waals surface area (Å²) in [5.74, 6) is 1.97. The molecule has 0 fully saturated rings. The average Bonchev–Trinajstić information content (AvgIpc) is 2.46. The van der Waals surface area contributed by atoms with Crippen molar-refractivity contribution >= 4 is 0 Å². The van der Waals surface area contributed by atoms with Crippen molar-refractivity contribution in [3.63, 3.8) is 0 Å². The molecule has 0 nitrogen and oxygen atoms in total. The Balaban J connectivity index is 3.84. The van der Waals surface area contributed by atoms with Crippen molar-refractivity contribution in [2.24, 2.45) is 11.8 Å². The number of unbranched alkanes of at least 4 members (excludes halogenated alkanes) is 8. The minimum atomic E-state index is 0.961.